The van der Waals surface area contributed by atoms with Gasteiger partial charge >= 0.3 is 0 Å². The second-order valence-electron chi connectivity index (χ2n) is 3.99. The maximum Gasteiger partial charge on any atom is 0.233 e. The number of hydrogen-bond acceptors (Lipinski definition) is 3. The molecule has 90 valence electrons. The van der Waals surface area contributed by atoms with E-state index in [2.05, 4.69) is 22.3 Å². The summed E-state index contributed by atoms with van der Waals surface area (Å²) in [4.78, 5) is 0. The van der Waals surface area contributed by atoms with Crippen LogP contribution < -0.4 is 10.5 Å². The molecule has 0 fully saturated rings. The molecule has 17 heavy (non-hydrogen) atoms. The number of aryl methyl sites for hydroxylation is 1. The third-order valence-electron chi connectivity index (χ3n) is 2.59. The van der Waals surface area contributed by atoms with Crippen molar-refractivity contribution in [3.8, 4) is 5.88 Å². The SMILES string of the molecule is Cc1cc(OCc2ccccc2CCN)n[nH]1. The molecule has 0 radical (unpaired) electrons. The van der Waals surface area contributed by atoms with Crippen molar-refractivity contribution < 1.29 is 4.74 Å². The Morgan fingerprint density at radius 2 is 2.06 bits per heavy atom. The summed E-state index contributed by atoms with van der Waals surface area (Å²) in [6.07, 6.45) is 0.874. The summed E-state index contributed by atoms with van der Waals surface area (Å²) in [5.74, 6) is 0.630. The monoisotopic (exact) mass is 231 g/mol. The van der Waals surface area contributed by atoms with Crippen LogP contribution >= 0.6 is 0 Å². The fraction of sp³-hybridized carbons (Fsp3) is 0.308. The Balaban J connectivity index is 2.03. The predicted octanol–water partition coefficient (Wildman–Crippen LogP) is 1.80. The molecule has 0 atom stereocenters. The summed E-state index contributed by atoms with van der Waals surface area (Å²) in [6, 6.07) is 10.1. The largest absolute Gasteiger partial charge is 0.472 e. The van der Waals surface area contributed by atoms with Gasteiger partial charge in [0.25, 0.3) is 0 Å². The molecule has 2 aromatic rings. The number of benzene rings is 1. The van der Waals surface area contributed by atoms with Crippen LogP contribution in [-0.2, 0) is 13.0 Å². The lowest BCUT2D eigenvalue weighted by Crippen LogP contribution is -2.07. The van der Waals surface area contributed by atoms with E-state index < -0.39 is 0 Å². The highest BCUT2D eigenvalue weighted by atomic mass is 16.5. The smallest absolute Gasteiger partial charge is 0.233 e. The molecule has 1 heterocycles. The lowest BCUT2D eigenvalue weighted by atomic mass is 10.1. The average Bonchev–Trinajstić information content (AvgIpc) is 2.74. The van der Waals surface area contributed by atoms with E-state index in [0.29, 0.717) is 19.0 Å². The molecule has 2 rings (SSSR count). The Bertz CT molecular complexity index is 479. The van der Waals surface area contributed by atoms with E-state index in [0.717, 1.165) is 12.1 Å². The number of nitrogens with one attached hydrogen (secondary N) is 1. The Labute approximate surface area is 101 Å². The van der Waals surface area contributed by atoms with Gasteiger partial charge in [0, 0.05) is 11.8 Å². The van der Waals surface area contributed by atoms with Gasteiger partial charge in [0.15, 0.2) is 0 Å². The zero-order valence-electron chi connectivity index (χ0n) is 9.94. The number of nitrogens with two attached hydrogens (primary N) is 1. The lowest BCUT2D eigenvalue weighted by molar-refractivity contribution is 0.292. The minimum absolute atomic E-state index is 0.528. The number of hydrogen-bond donors (Lipinski definition) is 2. The molecular formula is C13H17N3O. The third-order valence-corrected chi connectivity index (χ3v) is 2.59. The van der Waals surface area contributed by atoms with Crippen molar-refractivity contribution in [1.29, 1.82) is 0 Å². The van der Waals surface area contributed by atoms with E-state index in [4.69, 9.17) is 10.5 Å². The van der Waals surface area contributed by atoms with Crippen molar-refractivity contribution in [2.75, 3.05) is 6.54 Å². The first-order valence-electron chi connectivity index (χ1n) is 5.71. The van der Waals surface area contributed by atoms with Gasteiger partial charge in [-0.25, -0.2) is 0 Å². The summed E-state index contributed by atoms with van der Waals surface area (Å²) in [6.45, 7) is 3.13. The van der Waals surface area contributed by atoms with Gasteiger partial charge in [-0.2, -0.15) is 0 Å². The highest BCUT2D eigenvalue weighted by Gasteiger charge is 2.03. The van der Waals surface area contributed by atoms with Crippen molar-refractivity contribution >= 4 is 0 Å². The van der Waals surface area contributed by atoms with Crippen LogP contribution in [0.3, 0.4) is 0 Å². The van der Waals surface area contributed by atoms with E-state index in [-0.39, 0.29) is 0 Å². The molecule has 0 spiro atoms. The summed E-state index contributed by atoms with van der Waals surface area (Å²) in [5.41, 5.74) is 8.98. The third kappa shape index (κ3) is 3.07. The van der Waals surface area contributed by atoms with Crippen LogP contribution in [0.1, 0.15) is 16.8 Å². The van der Waals surface area contributed by atoms with E-state index in [9.17, 15) is 0 Å². The maximum absolute atomic E-state index is 5.62. The van der Waals surface area contributed by atoms with Gasteiger partial charge in [0.1, 0.15) is 6.61 Å². The molecule has 1 aromatic heterocycles. The first-order valence-corrected chi connectivity index (χ1v) is 5.71. The van der Waals surface area contributed by atoms with Gasteiger partial charge in [0.2, 0.25) is 5.88 Å². The highest BCUT2D eigenvalue weighted by molar-refractivity contribution is 5.27. The van der Waals surface area contributed by atoms with Gasteiger partial charge in [-0.3, -0.25) is 5.10 Å². The molecule has 0 saturated heterocycles. The second-order valence-corrected chi connectivity index (χ2v) is 3.99. The maximum atomic E-state index is 5.62. The van der Waals surface area contributed by atoms with Crippen molar-refractivity contribution in [1.82, 2.24) is 10.2 Å². The number of nitrogens with zero attached hydrogens (tertiary/aromatic N) is 1. The zero-order chi connectivity index (χ0) is 12.1. The number of aromatic amines is 1. The summed E-state index contributed by atoms with van der Waals surface area (Å²) < 4.78 is 5.62. The Hall–Kier alpha value is -1.81. The number of H-pyrrole nitrogens is 1. The van der Waals surface area contributed by atoms with Crippen molar-refractivity contribution in [3.05, 3.63) is 47.2 Å². The summed E-state index contributed by atoms with van der Waals surface area (Å²) in [7, 11) is 0. The fourth-order valence-corrected chi connectivity index (χ4v) is 1.72. The van der Waals surface area contributed by atoms with E-state index in [1.54, 1.807) is 0 Å². The van der Waals surface area contributed by atoms with Crippen molar-refractivity contribution in [3.63, 3.8) is 0 Å². The minimum Gasteiger partial charge on any atom is -0.472 e. The van der Waals surface area contributed by atoms with Crippen molar-refractivity contribution in [2.45, 2.75) is 20.0 Å². The molecule has 4 nitrogen and oxygen atoms in total. The molecule has 0 aliphatic heterocycles. The molecular weight excluding hydrogens is 214 g/mol. The number of rotatable bonds is 5. The van der Waals surface area contributed by atoms with E-state index in [1.165, 1.54) is 11.1 Å². The first-order chi connectivity index (χ1) is 8.29. The van der Waals surface area contributed by atoms with Gasteiger partial charge in [-0.1, -0.05) is 24.3 Å². The standard InChI is InChI=1S/C13H17N3O/c1-10-8-13(16-15-10)17-9-12-5-3-2-4-11(12)6-7-14/h2-5,8H,6-7,9,14H2,1H3,(H,15,16). The predicted molar refractivity (Wildman–Crippen MR) is 66.9 cm³/mol. The minimum atomic E-state index is 0.528. The summed E-state index contributed by atoms with van der Waals surface area (Å²) >= 11 is 0. The lowest BCUT2D eigenvalue weighted by Gasteiger charge is -2.08. The first kappa shape index (κ1) is 11.7. The van der Waals surface area contributed by atoms with Crippen LogP contribution in [0.25, 0.3) is 0 Å². The Kier molecular flexibility index (Phi) is 3.77. The van der Waals surface area contributed by atoms with Crippen LogP contribution in [0, 0.1) is 6.92 Å². The van der Waals surface area contributed by atoms with Crippen molar-refractivity contribution in [2.24, 2.45) is 5.73 Å². The van der Waals surface area contributed by atoms with Gasteiger partial charge in [-0.15, -0.1) is 5.10 Å². The Morgan fingerprint density at radius 1 is 1.29 bits per heavy atom. The molecule has 0 aliphatic rings. The molecule has 0 saturated carbocycles. The highest BCUT2D eigenvalue weighted by Crippen LogP contribution is 2.13. The molecule has 0 aliphatic carbocycles. The quantitative estimate of drug-likeness (QED) is 0.824. The van der Waals surface area contributed by atoms with Gasteiger partial charge in [0.05, 0.1) is 0 Å². The topological polar surface area (TPSA) is 63.9 Å². The fourth-order valence-electron chi connectivity index (χ4n) is 1.72. The molecule has 3 N–H and O–H groups in total. The van der Waals surface area contributed by atoms with Crippen LogP contribution in [0.5, 0.6) is 5.88 Å². The molecule has 0 bridgehead atoms. The summed E-state index contributed by atoms with van der Waals surface area (Å²) in [5, 5.41) is 6.88. The molecule has 0 amide bonds. The molecule has 0 unspecified atom stereocenters. The number of ether oxygens (including phenoxy) is 1. The van der Waals surface area contributed by atoms with E-state index >= 15 is 0 Å². The number of aromatic nitrogens is 2. The normalized spacial score (nSPS) is 10.5. The average molecular weight is 231 g/mol. The molecule has 4 heteroatoms. The van der Waals surface area contributed by atoms with Gasteiger partial charge < -0.3 is 10.5 Å². The van der Waals surface area contributed by atoms with Crippen LogP contribution in [0.2, 0.25) is 0 Å². The van der Waals surface area contributed by atoms with Crippen LogP contribution in [0.15, 0.2) is 30.3 Å². The zero-order valence-corrected chi connectivity index (χ0v) is 9.94. The Morgan fingerprint density at radius 3 is 2.71 bits per heavy atom. The second kappa shape index (κ2) is 5.50. The van der Waals surface area contributed by atoms with Gasteiger partial charge in [-0.05, 0) is 31.0 Å². The van der Waals surface area contributed by atoms with E-state index in [1.807, 2.05) is 25.1 Å². The van der Waals surface area contributed by atoms with Crippen LogP contribution in [-0.4, -0.2) is 16.7 Å². The molecule has 1 aromatic carbocycles. The van der Waals surface area contributed by atoms with Crippen LogP contribution in [0.4, 0.5) is 0 Å².